The molecule has 0 aromatic heterocycles. The van der Waals surface area contributed by atoms with Crippen molar-refractivity contribution in [2.24, 2.45) is 0 Å². The summed E-state index contributed by atoms with van der Waals surface area (Å²) in [5.74, 6) is 2.61. The fourth-order valence-electron chi connectivity index (χ4n) is 2.41. The Kier molecular flexibility index (Phi) is 7.34. The van der Waals surface area contributed by atoms with E-state index in [2.05, 4.69) is 51.8 Å². The van der Waals surface area contributed by atoms with E-state index < -0.39 is 0 Å². The number of halogens is 1. The van der Waals surface area contributed by atoms with Crippen LogP contribution in [0.4, 0.5) is 0 Å². The molecule has 1 rings (SSSR count). The number of hydrogen-bond donors (Lipinski definition) is 0. The third-order valence-corrected chi connectivity index (χ3v) is 4.17. The number of terminal acetylenes is 1. The zero-order chi connectivity index (χ0) is 15.8. The molecule has 1 heteroatoms. The Labute approximate surface area is 135 Å². The van der Waals surface area contributed by atoms with Crippen LogP contribution in [0.5, 0.6) is 0 Å². The van der Waals surface area contributed by atoms with Crippen LogP contribution in [0.25, 0.3) is 0 Å². The summed E-state index contributed by atoms with van der Waals surface area (Å²) in [6.45, 7) is 8.54. The van der Waals surface area contributed by atoms with Gasteiger partial charge < -0.3 is 0 Å². The molecule has 0 saturated carbocycles. The third kappa shape index (κ3) is 5.10. The monoisotopic (exact) mass is 300 g/mol. The maximum atomic E-state index is 6.66. The van der Waals surface area contributed by atoms with Crippen molar-refractivity contribution >= 4 is 11.6 Å². The van der Waals surface area contributed by atoms with Crippen molar-refractivity contribution in [2.45, 2.75) is 53.4 Å². The summed E-state index contributed by atoms with van der Waals surface area (Å²) < 4.78 is 0. The lowest BCUT2D eigenvalue weighted by molar-refractivity contribution is 0.947. The van der Waals surface area contributed by atoms with Crippen LogP contribution in [0, 0.1) is 12.3 Å². The summed E-state index contributed by atoms with van der Waals surface area (Å²) in [4.78, 5) is 0. The average molecular weight is 301 g/mol. The van der Waals surface area contributed by atoms with Gasteiger partial charge in [-0.3, -0.25) is 0 Å². The Bertz CT molecular complexity index is 571. The summed E-state index contributed by atoms with van der Waals surface area (Å²) in [5, 5.41) is 0.876. The lowest BCUT2D eigenvalue weighted by Gasteiger charge is -2.15. The maximum Gasteiger partial charge on any atom is 0.0509 e. The lowest BCUT2D eigenvalue weighted by atomic mass is 9.94. The summed E-state index contributed by atoms with van der Waals surface area (Å²) in [7, 11) is 0. The van der Waals surface area contributed by atoms with Crippen molar-refractivity contribution in [1.82, 2.24) is 0 Å². The van der Waals surface area contributed by atoms with E-state index in [0.717, 1.165) is 41.9 Å². The van der Waals surface area contributed by atoms with E-state index in [-0.39, 0.29) is 0 Å². The minimum atomic E-state index is 0.876. The fourth-order valence-corrected chi connectivity index (χ4v) is 2.83. The SMILES string of the molecule is C#C\C=C(/C=C(C)/C1=C(\Cl)C(CC)=CCC/C(C)=C\1)CC. The predicted octanol–water partition coefficient (Wildman–Crippen LogP) is 6.47. The van der Waals surface area contributed by atoms with E-state index in [1.807, 2.05) is 6.08 Å². The molecule has 0 fully saturated rings. The van der Waals surface area contributed by atoms with Crippen molar-refractivity contribution in [3.8, 4) is 12.3 Å². The predicted molar refractivity (Wildman–Crippen MR) is 95.2 cm³/mol. The molecule has 0 heterocycles. The zero-order valence-electron chi connectivity index (χ0n) is 13.6. The molecule has 0 saturated heterocycles. The molecular weight excluding hydrogens is 276 g/mol. The molecule has 0 bridgehead atoms. The molecule has 21 heavy (non-hydrogen) atoms. The van der Waals surface area contributed by atoms with Gasteiger partial charge >= 0.3 is 0 Å². The van der Waals surface area contributed by atoms with Crippen LogP contribution in [0.2, 0.25) is 0 Å². The Balaban J connectivity index is 3.36. The molecule has 1 aliphatic rings. The highest BCUT2D eigenvalue weighted by molar-refractivity contribution is 6.32. The highest BCUT2D eigenvalue weighted by Crippen LogP contribution is 2.32. The molecule has 0 unspecified atom stereocenters. The number of hydrogen-bond acceptors (Lipinski definition) is 0. The topological polar surface area (TPSA) is 0 Å². The van der Waals surface area contributed by atoms with Crippen LogP contribution in [-0.2, 0) is 0 Å². The Morgan fingerprint density at radius 1 is 1.43 bits per heavy atom. The van der Waals surface area contributed by atoms with Gasteiger partial charge in [-0.2, -0.15) is 0 Å². The summed E-state index contributed by atoms with van der Waals surface area (Å²) in [6.07, 6.45) is 17.9. The molecule has 0 radical (unpaired) electrons. The van der Waals surface area contributed by atoms with Gasteiger partial charge in [0, 0.05) is 0 Å². The zero-order valence-corrected chi connectivity index (χ0v) is 14.3. The van der Waals surface area contributed by atoms with Gasteiger partial charge in [0.15, 0.2) is 0 Å². The lowest BCUT2D eigenvalue weighted by Crippen LogP contribution is -1.96. The first-order valence-electron chi connectivity index (χ1n) is 7.63. The molecule has 0 spiro atoms. The van der Waals surface area contributed by atoms with E-state index in [1.165, 1.54) is 16.7 Å². The van der Waals surface area contributed by atoms with Crippen molar-refractivity contribution in [3.63, 3.8) is 0 Å². The molecule has 1 aliphatic carbocycles. The Morgan fingerprint density at radius 2 is 2.14 bits per heavy atom. The Morgan fingerprint density at radius 3 is 2.71 bits per heavy atom. The normalized spacial score (nSPS) is 23.6. The largest absolute Gasteiger partial charge is 0.115 e. The average Bonchev–Trinajstić information content (AvgIpc) is 2.46. The molecular formula is C20H25Cl. The summed E-state index contributed by atoms with van der Waals surface area (Å²) in [5.41, 5.74) is 6.05. The van der Waals surface area contributed by atoms with Crippen LogP contribution in [0.1, 0.15) is 53.4 Å². The van der Waals surface area contributed by atoms with Crippen molar-refractivity contribution in [1.29, 1.82) is 0 Å². The fraction of sp³-hybridized carbons (Fsp3) is 0.400. The second-order valence-corrected chi connectivity index (χ2v) is 5.78. The van der Waals surface area contributed by atoms with Crippen molar-refractivity contribution in [2.75, 3.05) is 0 Å². The third-order valence-electron chi connectivity index (χ3n) is 3.72. The van der Waals surface area contributed by atoms with Gasteiger partial charge in [-0.15, -0.1) is 6.42 Å². The summed E-state index contributed by atoms with van der Waals surface area (Å²) >= 11 is 6.66. The van der Waals surface area contributed by atoms with Gasteiger partial charge in [0.2, 0.25) is 0 Å². The molecule has 0 aliphatic heterocycles. The standard InChI is InChI=1S/C20H25Cl/c1-6-10-17(7-2)14-16(5)19-13-15(4)11-9-12-18(8-3)20(19)21/h1,10,12-14H,7-9,11H2,2-5H3/b15-13-,16-14+,17-10-,18-12?,20-19-. The van der Waals surface area contributed by atoms with Gasteiger partial charge in [0.05, 0.1) is 5.03 Å². The van der Waals surface area contributed by atoms with Crippen molar-refractivity contribution in [3.05, 3.63) is 57.2 Å². The minimum absolute atomic E-state index is 0.876. The first-order chi connectivity index (χ1) is 10.0. The first kappa shape index (κ1) is 17.6. The van der Waals surface area contributed by atoms with Gasteiger partial charge in [-0.25, -0.2) is 0 Å². The quantitative estimate of drug-likeness (QED) is 0.412. The van der Waals surface area contributed by atoms with E-state index in [0.29, 0.717) is 0 Å². The van der Waals surface area contributed by atoms with Gasteiger partial charge in [0.25, 0.3) is 0 Å². The van der Waals surface area contributed by atoms with E-state index >= 15 is 0 Å². The summed E-state index contributed by atoms with van der Waals surface area (Å²) in [6, 6.07) is 0. The number of allylic oxidation sites excluding steroid dienone is 10. The van der Waals surface area contributed by atoms with Crippen LogP contribution in [0.15, 0.2) is 57.2 Å². The molecule has 112 valence electrons. The molecule has 0 atom stereocenters. The van der Waals surface area contributed by atoms with E-state index in [1.54, 1.807) is 0 Å². The smallest absolute Gasteiger partial charge is 0.0509 e. The van der Waals surface area contributed by atoms with E-state index in [9.17, 15) is 0 Å². The van der Waals surface area contributed by atoms with Crippen LogP contribution in [0.3, 0.4) is 0 Å². The number of rotatable bonds is 4. The molecule has 0 N–H and O–H groups in total. The Hall–Kier alpha value is -1.45. The van der Waals surface area contributed by atoms with Crippen LogP contribution >= 0.6 is 11.6 Å². The van der Waals surface area contributed by atoms with Gasteiger partial charge in [0.1, 0.15) is 0 Å². The van der Waals surface area contributed by atoms with Crippen molar-refractivity contribution < 1.29 is 0 Å². The first-order valence-corrected chi connectivity index (χ1v) is 8.01. The van der Waals surface area contributed by atoms with Gasteiger partial charge in [-0.05, 0) is 67.9 Å². The second-order valence-electron chi connectivity index (χ2n) is 5.41. The molecule has 0 aromatic rings. The highest BCUT2D eigenvalue weighted by Gasteiger charge is 2.11. The minimum Gasteiger partial charge on any atom is -0.115 e. The van der Waals surface area contributed by atoms with E-state index in [4.69, 9.17) is 18.0 Å². The van der Waals surface area contributed by atoms with Gasteiger partial charge in [-0.1, -0.05) is 55.2 Å². The molecule has 0 nitrogen and oxygen atoms in total. The second kappa shape index (κ2) is 8.75. The van der Waals surface area contributed by atoms with Crippen LogP contribution in [-0.4, -0.2) is 0 Å². The molecule has 0 amide bonds. The highest BCUT2D eigenvalue weighted by atomic mass is 35.5. The van der Waals surface area contributed by atoms with Crippen LogP contribution < -0.4 is 0 Å². The molecule has 0 aromatic carbocycles. The maximum absolute atomic E-state index is 6.66.